The van der Waals surface area contributed by atoms with E-state index in [0.717, 1.165) is 115 Å². The van der Waals surface area contributed by atoms with Crippen molar-refractivity contribution in [2.24, 2.45) is 5.92 Å². The lowest BCUT2D eigenvalue weighted by molar-refractivity contribution is -0.161. The van der Waals surface area contributed by atoms with Gasteiger partial charge in [0.2, 0.25) is 0 Å². The molecule has 2 unspecified atom stereocenters. The molecule has 0 bridgehead atoms. The van der Waals surface area contributed by atoms with Crippen molar-refractivity contribution in [3.8, 4) is 0 Å². The molecule has 0 saturated carbocycles. The zero-order valence-electron chi connectivity index (χ0n) is 46.3. The van der Waals surface area contributed by atoms with Crippen LogP contribution < -0.4 is 0 Å². The number of aliphatic hydroxyl groups is 1. The molecule has 0 aromatic rings. The first-order valence-corrected chi connectivity index (χ1v) is 31.6. The molecule has 73 heavy (non-hydrogen) atoms. The predicted molar refractivity (Wildman–Crippen MR) is 285 cm³/mol. The summed E-state index contributed by atoms with van der Waals surface area (Å²) in [4.78, 5) is 71.3. The number of ether oxygens (including phenoxy) is 4. The van der Waals surface area contributed by atoms with Gasteiger partial charge in [0.1, 0.15) is 19.3 Å². The lowest BCUT2D eigenvalue weighted by Gasteiger charge is -2.21. The maximum Gasteiger partial charge on any atom is 0.472 e. The molecule has 0 aliphatic rings. The molecule has 3 N–H and O–H groups in total. The van der Waals surface area contributed by atoms with Crippen LogP contribution in [0.3, 0.4) is 0 Å². The van der Waals surface area contributed by atoms with Gasteiger partial charge in [0.25, 0.3) is 0 Å². The number of hydrogen-bond acceptors (Lipinski definition) is 15. The van der Waals surface area contributed by atoms with Gasteiger partial charge in [0, 0.05) is 25.7 Å². The summed E-state index contributed by atoms with van der Waals surface area (Å²) in [7, 11) is -9.85. The average Bonchev–Trinajstić information content (AvgIpc) is 3.35. The molecule has 432 valence electrons. The number of carbonyl (C=O) groups excluding carboxylic acids is 4. The monoisotopic (exact) mass is 1090 g/mol. The van der Waals surface area contributed by atoms with Crippen LogP contribution in [0.4, 0.5) is 0 Å². The largest absolute Gasteiger partial charge is 0.472 e. The van der Waals surface area contributed by atoms with Gasteiger partial charge in [-0.2, -0.15) is 0 Å². The number of unbranched alkanes of at least 4 members (excludes halogenated alkanes) is 26. The number of aliphatic hydroxyl groups excluding tert-OH is 1. The van der Waals surface area contributed by atoms with E-state index >= 15 is 0 Å². The lowest BCUT2D eigenvalue weighted by Crippen LogP contribution is -2.30. The maximum absolute atomic E-state index is 12.9. The summed E-state index contributed by atoms with van der Waals surface area (Å²) in [5, 5.41) is 10.4. The molecule has 0 aliphatic carbocycles. The maximum atomic E-state index is 12.9. The van der Waals surface area contributed by atoms with Gasteiger partial charge in [-0.15, -0.1) is 0 Å². The second-order valence-electron chi connectivity index (χ2n) is 20.1. The van der Waals surface area contributed by atoms with Gasteiger partial charge < -0.3 is 33.8 Å². The molecular weight excluding hydrogens is 983 g/mol. The van der Waals surface area contributed by atoms with E-state index in [4.69, 9.17) is 37.0 Å². The fourth-order valence-electron chi connectivity index (χ4n) is 7.81. The third-order valence-electron chi connectivity index (χ3n) is 12.3. The minimum Gasteiger partial charge on any atom is -0.462 e. The van der Waals surface area contributed by atoms with E-state index in [1.165, 1.54) is 64.2 Å². The SMILES string of the molecule is CCCCCCCCCCC(=O)OC[C@H](COP(=O)(O)OC[C@@H](O)COP(=O)(O)OC[C@@H](COC(=O)CCCCCCC)OC(=O)CCCCCCCCCC)OC(=O)CCCCCCCCCCCC(C)C. The molecule has 0 aromatic heterocycles. The van der Waals surface area contributed by atoms with Gasteiger partial charge in [-0.25, -0.2) is 9.13 Å². The molecule has 0 aliphatic heterocycles. The smallest absolute Gasteiger partial charge is 0.462 e. The predicted octanol–water partition coefficient (Wildman–Crippen LogP) is 13.9. The van der Waals surface area contributed by atoms with Crippen LogP contribution in [0, 0.1) is 5.92 Å². The Bertz CT molecular complexity index is 1450. The highest BCUT2D eigenvalue weighted by Crippen LogP contribution is 2.45. The first-order valence-electron chi connectivity index (χ1n) is 28.6. The van der Waals surface area contributed by atoms with Crippen molar-refractivity contribution in [1.82, 2.24) is 0 Å². The van der Waals surface area contributed by atoms with Crippen LogP contribution in [0.15, 0.2) is 0 Å². The number of rotatable bonds is 54. The molecule has 17 nitrogen and oxygen atoms in total. The molecule has 0 spiro atoms. The topological polar surface area (TPSA) is 237 Å². The van der Waals surface area contributed by atoms with E-state index in [-0.39, 0.29) is 25.7 Å². The third-order valence-corrected chi connectivity index (χ3v) is 14.2. The lowest BCUT2D eigenvalue weighted by atomic mass is 10.0. The van der Waals surface area contributed by atoms with E-state index in [1.807, 2.05) is 0 Å². The molecular formula is C54H104O17P2. The van der Waals surface area contributed by atoms with Gasteiger partial charge in [0.15, 0.2) is 12.2 Å². The van der Waals surface area contributed by atoms with Crippen LogP contribution in [0.2, 0.25) is 0 Å². The van der Waals surface area contributed by atoms with Crippen LogP contribution in [-0.4, -0.2) is 96.7 Å². The Hall–Kier alpha value is -1.94. The molecule has 0 radical (unpaired) electrons. The average molecular weight is 1090 g/mol. The second-order valence-corrected chi connectivity index (χ2v) is 23.0. The fraction of sp³-hybridized carbons (Fsp3) is 0.926. The van der Waals surface area contributed by atoms with E-state index < -0.39 is 97.5 Å². The van der Waals surface area contributed by atoms with Crippen molar-refractivity contribution in [2.45, 2.75) is 278 Å². The molecule has 0 aromatic carbocycles. The van der Waals surface area contributed by atoms with Crippen LogP contribution in [0.25, 0.3) is 0 Å². The van der Waals surface area contributed by atoms with Crippen molar-refractivity contribution in [3.05, 3.63) is 0 Å². The quantitative estimate of drug-likeness (QED) is 0.0222. The van der Waals surface area contributed by atoms with Gasteiger partial charge in [-0.1, -0.05) is 208 Å². The van der Waals surface area contributed by atoms with Crippen molar-refractivity contribution >= 4 is 39.5 Å². The number of phosphoric ester groups is 2. The summed E-state index contributed by atoms with van der Waals surface area (Å²) in [6.45, 7) is 6.95. The molecule has 0 amide bonds. The van der Waals surface area contributed by atoms with Crippen LogP contribution in [-0.2, 0) is 65.4 Å². The number of esters is 4. The second kappa shape index (κ2) is 48.4. The first-order chi connectivity index (χ1) is 35.0. The van der Waals surface area contributed by atoms with E-state index in [0.29, 0.717) is 25.7 Å². The van der Waals surface area contributed by atoms with Crippen molar-refractivity contribution in [1.29, 1.82) is 0 Å². The first kappa shape index (κ1) is 71.1. The Morgan fingerprint density at radius 1 is 0.370 bits per heavy atom. The summed E-state index contributed by atoms with van der Waals surface area (Å²) in [6.07, 6.45) is 28.4. The Morgan fingerprint density at radius 3 is 0.932 bits per heavy atom. The standard InChI is InChI=1S/C54H104O17P2/c1-6-9-12-15-17-23-28-33-38-52(57)65-44-50(71-54(59)40-35-30-25-21-19-20-22-27-31-36-47(4)5)46-69-73(62,63)67-42-48(55)41-66-72(60,61)68-45-49(43-64-51(56)37-32-26-14-11-8-3)70-53(58)39-34-29-24-18-16-13-10-7-2/h47-50,55H,6-46H2,1-5H3,(H,60,61)(H,62,63)/t48-,49+,50+/m0/s1. The zero-order valence-corrected chi connectivity index (χ0v) is 48.0. The van der Waals surface area contributed by atoms with E-state index in [2.05, 4.69) is 34.6 Å². The van der Waals surface area contributed by atoms with Crippen molar-refractivity contribution < 1.29 is 80.2 Å². The van der Waals surface area contributed by atoms with Crippen molar-refractivity contribution in [3.63, 3.8) is 0 Å². The minimum atomic E-state index is -4.93. The number of hydrogen-bond donors (Lipinski definition) is 3. The Kier molecular flexibility index (Phi) is 47.1. The van der Waals surface area contributed by atoms with Crippen LogP contribution in [0.1, 0.15) is 259 Å². The zero-order chi connectivity index (χ0) is 54.3. The summed E-state index contributed by atoms with van der Waals surface area (Å²) in [6, 6.07) is 0. The summed E-state index contributed by atoms with van der Waals surface area (Å²) in [5.74, 6) is -1.43. The number of carbonyl (C=O) groups is 4. The highest BCUT2D eigenvalue weighted by Gasteiger charge is 2.30. The molecule has 0 saturated heterocycles. The molecule has 0 heterocycles. The van der Waals surface area contributed by atoms with Crippen LogP contribution in [0.5, 0.6) is 0 Å². The summed E-state index contributed by atoms with van der Waals surface area (Å²) in [5.41, 5.74) is 0. The summed E-state index contributed by atoms with van der Waals surface area (Å²) >= 11 is 0. The summed E-state index contributed by atoms with van der Waals surface area (Å²) < 4.78 is 67.2. The van der Waals surface area contributed by atoms with Crippen LogP contribution >= 0.6 is 15.6 Å². The molecule has 0 rings (SSSR count). The Morgan fingerprint density at radius 2 is 0.630 bits per heavy atom. The fourth-order valence-corrected chi connectivity index (χ4v) is 9.39. The Balaban J connectivity index is 5.17. The highest BCUT2D eigenvalue weighted by molar-refractivity contribution is 7.47. The molecule has 19 heteroatoms. The van der Waals surface area contributed by atoms with E-state index in [1.54, 1.807) is 0 Å². The third kappa shape index (κ3) is 49.4. The highest BCUT2D eigenvalue weighted by atomic mass is 31.2. The van der Waals surface area contributed by atoms with Gasteiger partial charge in [0.05, 0.1) is 26.4 Å². The van der Waals surface area contributed by atoms with Gasteiger partial charge >= 0.3 is 39.5 Å². The van der Waals surface area contributed by atoms with Gasteiger partial charge in [-0.3, -0.25) is 37.3 Å². The molecule has 5 atom stereocenters. The normalized spacial score (nSPS) is 14.5. The molecule has 0 fully saturated rings. The minimum absolute atomic E-state index is 0.104. The van der Waals surface area contributed by atoms with E-state index in [9.17, 15) is 43.2 Å². The van der Waals surface area contributed by atoms with Gasteiger partial charge in [-0.05, 0) is 31.6 Å². The number of phosphoric acid groups is 2. The van der Waals surface area contributed by atoms with Crippen molar-refractivity contribution in [2.75, 3.05) is 39.6 Å². The Labute approximate surface area is 441 Å².